The van der Waals surface area contributed by atoms with E-state index in [0.717, 1.165) is 35.7 Å². The maximum atomic E-state index is 12.2. The molecular weight excluding hydrogens is 292 g/mol. The Morgan fingerprint density at radius 3 is 3.06 bits per heavy atom. The number of rotatable bonds is 0. The van der Waals surface area contributed by atoms with Gasteiger partial charge in [0.25, 0.3) is 0 Å². The minimum absolute atomic E-state index is 0.160. The van der Waals surface area contributed by atoms with E-state index in [2.05, 4.69) is 15.9 Å². The Labute approximate surface area is 114 Å². The highest BCUT2D eigenvalue weighted by Gasteiger charge is 2.53. The van der Waals surface area contributed by atoms with Crippen molar-refractivity contribution < 1.29 is 9.90 Å². The van der Waals surface area contributed by atoms with Gasteiger partial charge in [-0.25, -0.2) is 0 Å². The van der Waals surface area contributed by atoms with E-state index < -0.39 is 0 Å². The summed E-state index contributed by atoms with van der Waals surface area (Å²) in [6, 6.07) is 5.53. The molecule has 0 heterocycles. The fourth-order valence-electron chi connectivity index (χ4n) is 4.10. The van der Waals surface area contributed by atoms with Gasteiger partial charge in [-0.3, -0.25) is 4.79 Å². The highest BCUT2D eigenvalue weighted by atomic mass is 79.9. The molecule has 0 radical (unpaired) electrons. The predicted octanol–water partition coefficient (Wildman–Crippen LogP) is 3.42. The first-order valence-corrected chi connectivity index (χ1v) is 7.17. The monoisotopic (exact) mass is 304 g/mol. The molecule has 4 rings (SSSR count). The molecule has 0 saturated heterocycles. The maximum Gasteiger partial charge on any atom is 0.173 e. The highest BCUT2D eigenvalue weighted by Crippen LogP contribution is 2.63. The van der Waals surface area contributed by atoms with E-state index in [9.17, 15) is 9.90 Å². The lowest BCUT2D eigenvalue weighted by atomic mass is 9.74. The molecule has 3 aliphatic carbocycles. The molecule has 1 aromatic carbocycles. The number of hydrogen-bond acceptors (Lipinski definition) is 2. The van der Waals surface area contributed by atoms with E-state index in [1.165, 1.54) is 11.1 Å². The number of phenolic OH excluding ortho intramolecular Hbond substituents is 1. The third-order valence-electron chi connectivity index (χ3n) is 4.83. The van der Waals surface area contributed by atoms with Crippen molar-refractivity contribution in [2.75, 3.05) is 0 Å². The van der Waals surface area contributed by atoms with Gasteiger partial charge in [0.1, 0.15) is 5.75 Å². The van der Waals surface area contributed by atoms with Gasteiger partial charge >= 0.3 is 0 Å². The summed E-state index contributed by atoms with van der Waals surface area (Å²) in [5.41, 5.74) is 3.72. The van der Waals surface area contributed by atoms with Gasteiger partial charge < -0.3 is 5.11 Å². The van der Waals surface area contributed by atoms with Crippen LogP contribution < -0.4 is 0 Å². The summed E-state index contributed by atoms with van der Waals surface area (Å²) in [7, 11) is 0. The number of benzene rings is 1. The predicted molar refractivity (Wildman–Crippen MR) is 72.4 cm³/mol. The van der Waals surface area contributed by atoms with Gasteiger partial charge in [-0.2, -0.15) is 0 Å². The number of hydrogen-bond donors (Lipinski definition) is 1. The van der Waals surface area contributed by atoms with E-state index in [0.29, 0.717) is 5.75 Å². The average Bonchev–Trinajstić information content (AvgIpc) is 2.86. The smallest absolute Gasteiger partial charge is 0.173 e. The quantitative estimate of drug-likeness (QED) is 0.797. The van der Waals surface area contributed by atoms with Crippen LogP contribution in [0.25, 0.3) is 5.57 Å². The number of aromatic hydroxyl groups is 1. The van der Waals surface area contributed by atoms with E-state index in [1.54, 1.807) is 6.07 Å². The zero-order chi connectivity index (χ0) is 12.5. The molecule has 3 heteroatoms. The molecule has 0 aliphatic heterocycles. The number of fused-ring (bicyclic) bond motifs is 3. The first kappa shape index (κ1) is 10.8. The Morgan fingerprint density at radius 2 is 2.22 bits per heavy atom. The van der Waals surface area contributed by atoms with Crippen LogP contribution in [0.5, 0.6) is 5.75 Å². The Hall–Kier alpha value is -1.09. The zero-order valence-electron chi connectivity index (χ0n) is 9.87. The lowest BCUT2D eigenvalue weighted by Crippen LogP contribution is -2.25. The van der Waals surface area contributed by atoms with Gasteiger partial charge in [0.2, 0.25) is 0 Å². The van der Waals surface area contributed by atoms with Gasteiger partial charge in [-0.15, -0.1) is 0 Å². The number of allylic oxidation sites excluding steroid dienone is 2. The van der Waals surface area contributed by atoms with Crippen LogP contribution in [0.3, 0.4) is 0 Å². The molecule has 2 nitrogen and oxygen atoms in total. The lowest BCUT2D eigenvalue weighted by molar-refractivity contribution is -0.118. The summed E-state index contributed by atoms with van der Waals surface area (Å²) in [4.78, 5) is 12.2. The number of ketones is 1. The molecule has 18 heavy (non-hydrogen) atoms. The van der Waals surface area contributed by atoms with Crippen molar-refractivity contribution in [3.05, 3.63) is 33.8 Å². The van der Waals surface area contributed by atoms with Gasteiger partial charge in [0, 0.05) is 11.3 Å². The molecule has 3 aliphatic rings. The van der Waals surface area contributed by atoms with Gasteiger partial charge in [-0.05, 0) is 70.4 Å². The fraction of sp³-hybridized carbons (Fsp3) is 0.400. The lowest BCUT2D eigenvalue weighted by Gasteiger charge is -2.30. The molecule has 2 atom stereocenters. The standard InChI is InChI=1S/C15H13BrO2/c16-13-12-11-2-1-10(17)5-9(11)7-15(12)4-3-8(6-15)14(13)18/h1-2,5,8,17H,3-4,6-7H2/t8-,15+/m0/s1. The molecule has 0 aromatic heterocycles. The summed E-state index contributed by atoms with van der Waals surface area (Å²) in [6.07, 6.45) is 4.08. The summed E-state index contributed by atoms with van der Waals surface area (Å²) >= 11 is 3.53. The van der Waals surface area contributed by atoms with Crippen molar-refractivity contribution in [3.8, 4) is 5.75 Å². The molecule has 2 bridgehead atoms. The molecule has 1 aromatic rings. The molecule has 0 amide bonds. The maximum absolute atomic E-state index is 12.2. The van der Waals surface area contributed by atoms with Gasteiger partial charge in [-0.1, -0.05) is 6.07 Å². The molecule has 1 N–H and O–H groups in total. The number of carbonyl (C=O) groups excluding carboxylic acids is 1. The van der Waals surface area contributed by atoms with Crippen LogP contribution in [0.4, 0.5) is 0 Å². The highest BCUT2D eigenvalue weighted by molar-refractivity contribution is 9.12. The van der Waals surface area contributed by atoms with Crippen LogP contribution in [0, 0.1) is 11.3 Å². The molecule has 1 spiro atoms. The van der Waals surface area contributed by atoms with Crippen LogP contribution in [0.2, 0.25) is 0 Å². The summed E-state index contributed by atoms with van der Waals surface area (Å²) in [5, 5.41) is 9.62. The molecule has 92 valence electrons. The number of halogens is 1. The van der Waals surface area contributed by atoms with Crippen molar-refractivity contribution in [1.82, 2.24) is 0 Å². The molecular formula is C15H13BrO2. The first-order valence-electron chi connectivity index (χ1n) is 6.37. The van der Waals surface area contributed by atoms with Crippen molar-refractivity contribution >= 4 is 27.3 Å². The Kier molecular flexibility index (Phi) is 1.96. The Bertz CT molecular complexity index is 617. The topological polar surface area (TPSA) is 37.3 Å². The number of carbonyl (C=O) groups is 1. The average molecular weight is 305 g/mol. The van der Waals surface area contributed by atoms with Crippen LogP contribution in [0.15, 0.2) is 22.7 Å². The van der Waals surface area contributed by atoms with Crippen LogP contribution in [-0.4, -0.2) is 10.9 Å². The van der Waals surface area contributed by atoms with E-state index in [4.69, 9.17) is 0 Å². The number of phenols is 1. The summed E-state index contributed by atoms with van der Waals surface area (Å²) in [6.45, 7) is 0. The normalized spacial score (nSPS) is 32.7. The molecule has 1 saturated carbocycles. The largest absolute Gasteiger partial charge is 0.508 e. The SMILES string of the molecule is O=C1C(Br)=C2c3ccc(O)cc3C[C@]23CC[C@H]1C3. The van der Waals surface area contributed by atoms with Crippen LogP contribution in [-0.2, 0) is 11.2 Å². The minimum Gasteiger partial charge on any atom is -0.508 e. The number of Topliss-reactive ketones (excluding diaryl/α,β-unsaturated/α-hetero) is 1. The van der Waals surface area contributed by atoms with Crippen LogP contribution >= 0.6 is 15.9 Å². The van der Waals surface area contributed by atoms with Crippen LogP contribution in [0.1, 0.15) is 30.4 Å². The van der Waals surface area contributed by atoms with E-state index >= 15 is 0 Å². The minimum atomic E-state index is 0.160. The van der Waals surface area contributed by atoms with Gasteiger partial charge in [0.05, 0.1) is 4.48 Å². The van der Waals surface area contributed by atoms with Gasteiger partial charge in [0.15, 0.2) is 5.78 Å². The second-order valence-electron chi connectivity index (χ2n) is 5.79. The second-order valence-corrected chi connectivity index (χ2v) is 6.58. The summed E-state index contributed by atoms with van der Waals surface area (Å²) in [5.74, 6) is 0.812. The third kappa shape index (κ3) is 1.16. The molecule has 0 unspecified atom stereocenters. The third-order valence-corrected chi connectivity index (χ3v) is 5.62. The summed E-state index contributed by atoms with van der Waals surface area (Å²) < 4.78 is 0.792. The Morgan fingerprint density at radius 1 is 1.39 bits per heavy atom. The van der Waals surface area contributed by atoms with E-state index in [-0.39, 0.29) is 17.1 Å². The zero-order valence-corrected chi connectivity index (χ0v) is 11.5. The fourth-order valence-corrected chi connectivity index (χ4v) is 5.06. The van der Waals surface area contributed by atoms with Crippen molar-refractivity contribution in [2.24, 2.45) is 11.3 Å². The Balaban J connectivity index is 2.01. The molecule has 1 fully saturated rings. The first-order chi connectivity index (χ1) is 8.61. The second kappa shape index (κ2) is 3.27. The van der Waals surface area contributed by atoms with E-state index in [1.807, 2.05) is 12.1 Å². The van der Waals surface area contributed by atoms with Crippen molar-refractivity contribution in [3.63, 3.8) is 0 Å². The van der Waals surface area contributed by atoms with Crippen molar-refractivity contribution in [1.29, 1.82) is 0 Å². The van der Waals surface area contributed by atoms with Crippen molar-refractivity contribution in [2.45, 2.75) is 25.7 Å².